The van der Waals surface area contributed by atoms with Gasteiger partial charge in [-0.15, -0.1) is 10.2 Å². The van der Waals surface area contributed by atoms with Gasteiger partial charge in [0.25, 0.3) is 0 Å². The van der Waals surface area contributed by atoms with Gasteiger partial charge in [0.05, 0.1) is 6.54 Å². The van der Waals surface area contributed by atoms with Crippen LogP contribution in [0.1, 0.15) is 43.5 Å². The third kappa shape index (κ3) is 3.20. The second kappa shape index (κ2) is 6.58. The van der Waals surface area contributed by atoms with Gasteiger partial charge >= 0.3 is 0 Å². The van der Waals surface area contributed by atoms with Gasteiger partial charge in [0, 0.05) is 25.9 Å². The number of nitrogens with zero attached hydrogens (tertiary/aromatic N) is 5. The molecule has 0 aromatic carbocycles. The predicted molar refractivity (Wildman–Crippen MR) is 79.8 cm³/mol. The van der Waals surface area contributed by atoms with E-state index in [4.69, 9.17) is 4.42 Å². The maximum atomic E-state index is 10.5. The van der Waals surface area contributed by atoms with Crippen LogP contribution in [0.25, 0.3) is 0 Å². The summed E-state index contributed by atoms with van der Waals surface area (Å²) in [5.41, 5.74) is 0. The van der Waals surface area contributed by atoms with Crippen LogP contribution in [0.4, 0.5) is 0 Å². The molecule has 7 heteroatoms. The fraction of sp³-hybridized carbons (Fsp3) is 0.667. The molecule has 1 fully saturated rings. The third-order valence-electron chi connectivity index (χ3n) is 4.37. The molecule has 2 aromatic heterocycles. The molecular weight excluding hydrogens is 282 g/mol. The van der Waals surface area contributed by atoms with E-state index in [9.17, 15) is 5.11 Å². The highest BCUT2D eigenvalue weighted by Crippen LogP contribution is 2.30. The SMILES string of the molecule is CCc1nnc(CN2CCC(C(O)c3nccn3C)CC2)o1. The zero-order valence-electron chi connectivity index (χ0n) is 13.1. The van der Waals surface area contributed by atoms with Gasteiger partial charge in [0.1, 0.15) is 11.9 Å². The van der Waals surface area contributed by atoms with Gasteiger partial charge in [-0.1, -0.05) is 6.92 Å². The molecule has 2 aromatic rings. The lowest BCUT2D eigenvalue weighted by Gasteiger charge is -2.33. The number of imidazole rings is 1. The van der Waals surface area contributed by atoms with Crippen LogP contribution in [0.5, 0.6) is 0 Å². The Morgan fingerprint density at radius 2 is 2.05 bits per heavy atom. The van der Waals surface area contributed by atoms with Gasteiger partial charge in [-0.3, -0.25) is 4.90 Å². The first-order valence-electron chi connectivity index (χ1n) is 7.86. The molecule has 120 valence electrons. The van der Waals surface area contributed by atoms with Crippen LogP contribution in [0.3, 0.4) is 0 Å². The van der Waals surface area contributed by atoms with Gasteiger partial charge in [-0.25, -0.2) is 4.98 Å². The Balaban J connectivity index is 1.53. The molecule has 0 saturated carbocycles. The van der Waals surface area contributed by atoms with E-state index in [1.165, 1.54) is 0 Å². The Morgan fingerprint density at radius 3 is 2.64 bits per heavy atom. The van der Waals surface area contributed by atoms with Gasteiger partial charge in [-0.2, -0.15) is 0 Å². The minimum Gasteiger partial charge on any atom is -0.424 e. The lowest BCUT2D eigenvalue weighted by molar-refractivity contribution is 0.0470. The number of aliphatic hydroxyl groups is 1. The fourth-order valence-corrected chi connectivity index (χ4v) is 2.99. The van der Waals surface area contributed by atoms with Crippen molar-refractivity contribution in [2.45, 2.75) is 38.8 Å². The van der Waals surface area contributed by atoms with Crippen molar-refractivity contribution in [3.05, 3.63) is 30.0 Å². The first kappa shape index (κ1) is 15.2. The van der Waals surface area contributed by atoms with Crippen LogP contribution >= 0.6 is 0 Å². The molecule has 3 heterocycles. The first-order valence-corrected chi connectivity index (χ1v) is 7.86. The molecule has 1 atom stereocenters. The molecule has 0 radical (unpaired) electrons. The van der Waals surface area contributed by atoms with Gasteiger partial charge in [0.2, 0.25) is 11.8 Å². The minimum absolute atomic E-state index is 0.256. The van der Waals surface area contributed by atoms with Crippen molar-refractivity contribution in [1.82, 2.24) is 24.6 Å². The molecule has 1 aliphatic heterocycles. The number of hydrogen-bond donors (Lipinski definition) is 1. The van der Waals surface area contributed by atoms with Gasteiger partial charge in [-0.05, 0) is 31.8 Å². The molecule has 7 nitrogen and oxygen atoms in total. The summed E-state index contributed by atoms with van der Waals surface area (Å²) < 4.78 is 7.45. The molecule has 1 saturated heterocycles. The van der Waals surface area contributed by atoms with E-state index in [1.54, 1.807) is 6.20 Å². The maximum absolute atomic E-state index is 10.5. The predicted octanol–water partition coefficient (Wildman–Crippen LogP) is 1.31. The van der Waals surface area contributed by atoms with Crippen LogP contribution < -0.4 is 0 Å². The van der Waals surface area contributed by atoms with Crippen LogP contribution in [0.15, 0.2) is 16.8 Å². The van der Waals surface area contributed by atoms with Gasteiger partial charge < -0.3 is 14.1 Å². The van der Waals surface area contributed by atoms with E-state index >= 15 is 0 Å². The standard InChI is InChI=1S/C15H23N5O2/c1-3-12-17-18-13(22-12)10-20-7-4-11(5-8-20)14(21)15-16-6-9-19(15)2/h6,9,11,14,21H,3-5,7-8,10H2,1-2H3. The second-order valence-corrected chi connectivity index (χ2v) is 5.90. The molecule has 1 aliphatic rings. The van der Waals surface area contributed by atoms with Gasteiger partial charge in [0.15, 0.2) is 0 Å². The lowest BCUT2D eigenvalue weighted by Crippen LogP contribution is -2.35. The number of hydrogen-bond acceptors (Lipinski definition) is 6. The van der Waals surface area contributed by atoms with Crippen molar-refractivity contribution in [3.8, 4) is 0 Å². The van der Waals surface area contributed by atoms with E-state index < -0.39 is 6.10 Å². The van der Waals surface area contributed by atoms with E-state index in [1.807, 2.05) is 24.7 Å². The van der Waals surface area contributed by atoms with E-state index in [0.717, 1.165) is 38.2 Å². The highest BCUT2D eigenvalue weighted by molar-refractivity contribution is 4.98. The van der Waals surface area contributed by atoms with Crippen molar-refractivity contribution >= 4 is 0 Å². The molecular formula is C15H23N5O2. The Hall–Kier alpha value is -1.73. The second-order valence-electron chi connectivity index (χ2n) is 5.90. The highest BCUT2D eigenvalue weighted by Gasteiger charge is 2.28. The van der Waals surface area contributed by atoms with E-state index in [2.05, 4.69) is 20.1 Å². The minimum atomic E-state index is -0.489. The maximum Gasteiger partial charge on any atom is 0.230 e. The molecule has 0 bridgehead atoms. The van der Waals surface area contributed by atoms with E-state index in [-0.39, 0.29) is 5.92 Å². The Labute approximate surface area is 130 Å². The van der Waals surface area contributed by atoms with Crippen molar-refractivity contribution in [3.63, 3.8) is 0 Å². The topological polar surface area (TPSA) is 80.2 Å². The molecule has 0 spiro atoms. The molecule has 0 amide bonds. The lowest BCUT2D eigenvalue weighted by atomic mass is 9.91. The number of aromatic nitrogens is 4. The average molecular weight is 305 g/mol. The fourth-order valence-electron chi connectivity index (χ4n) is 2.99. The Bertz CT molecular complexity index is 601. The summed E-state index contributed by atoms with van der Waals surface area (Å²) in [4.78, 5) is 6.56. The molecule has 22 heavy (non-hydrogen) atoms. The largest absolute Gasteiger partial charge is 0.424 e. The zero-order chi connectivity index (χ0) is 15.5. The quantitative estimate of drug-likeness (QED) is 0.897. The molecule has 1 N–H and O–H groups in total. The van der Waals surface area contributed by atoms with Crippen molar-refractivity contribution in [2.75, 3.05) is 13.1 Å². The van der Waals surface area contributed by atoms with Crippen LogP contribution in [0, 0.1) is 5.92 Å². The third-order valence-corrected chi connectivity index (χ3v) is 4.37. The number of aliphatic hydroxyl groups excluding tert-OH is 1. The molecule has 1 unspecified atom stereocenters. The Morgan fingerprint density at radius 1 is 1.32 bits per heavy atom. The highest BCUT2D eigenvalue weighted by atomic mass is 16.4. The summed E-state index contributed by atoms with van der Waals surface area (Å²) in [6.07, 6.45) is 5.77. The summed E-state index contributed by atoms with van der Waals surface area (Å²) in [7, 11) is 1.92. The summed E-state index contributed by atoms with van der Waals surface area (Å²) in [6.45, 7) is 4.55. The van der Waals surface area contributed by atoms with Crippen LogP contribution in [-0.4, -0.2) is 42.8 Å². The summed E-state index contributed by atoms with van der Waals surface area (Å²) in [6, 6.07) is 0. The summed E-state index contributed by atoms with van der Waals surface area (Å²) in [5.74, 6) is 2.38. The number of likely N-dealkylation sites (tertiary alicyclic amines) is 1. The zero-order valence-corrected chi connectivity index (χ0v) is 13.1. The number of piperidine rings is 1. The van der Waals surface area contributed by atoms with Crippen LogP contribution in [0.2, 0.25) is 0 Å². The van der Waals surface area contributed by atoms with Crippen molar-refractivity contribution in [1.29, 1.82) is 0 Å². The Kier molecular flexibility index (Phi) is 4.54. The molecule has 3 rings (SSSR count). The summed E-state index contributed by atoms with van der Waals surface area (Å²) >= 11 is 0. The summed E-state index contributed by atoms with van der Waals surface area (Å²) in [5, 5.41) is 18.5. The monoisotopic (exact) mass is 305 g/mol. The van der Waals surface area contributed by atoms with Crippen molar-refractivity contribution in [2.24, 2.45) is 13.0 Å². The van der Waals surface area contributed by atoms with Crippen LogP contribution in [-0.2, 0) is 20.0 Å². The van der Waals surface area contributed by atoms with E-state index in [0.29, 0.717) is 18.3 Å². The number of rotatable bonds is 5. The number of aryl methyl sites for hydroxylation is 2. The average Bonchev–Trinajstić information content (AvgIpc) is 3.16. The van der Waals surface area contributed by atoms with Crippen molar-refractivity contribution < 1.29 is 9.52 Å². The first-order chi connectivity index (χ1) is 10.7. The molecule has 0 aliphatic carbocycles. The normalized spacial score (nSPS) is 18.7. The smallest absolute Gasteiger partial charge is 0.230 e.